The Morgan fingerprint density at radius 3 is 2.56 bits per heavy atom. The second-order valence-corrected chi connectivity index (χ2v) is 5.17. The van der Waals surface area contributed by atoms with Crippen LogP contribution in [0.3, 0.4) is 0 Å². The standard InChI is InChI=1S/C15H25NO2/c1-11(2)8-14(10-17)16-12(3)13-6-5-7-15(9-13)18-4/h5-7,9,11-12,14,16-17H,8,10H2,1-4H3. The van der Waals surface area contributed by atoms with Crippen molar-refractivity contribution in [3.05, 3.63) is 29.8 Å². The maximum absolute atomic E-state index is 9.38. The Morgan fingerprint density at radius 2 is 2.00 bits per heavy atom. The van der Waals surface area contributed by atoms with Crippen molar-refractivity contribution in [3.63, 3.8) is 0 Å². The van der Waals surface area contributed by atoms with Gasteiger partial charge < -0.3 is 15.2 Å². The van der Waals surface area contributed by atoms with Crippen LogP contribution in [0.25, 0.3) is 0 Å². The van der Waals surface area contributed by atoms with Gasteiger partial charge >= 0.3 is 0 Å². The molecule has 0 aromatic heterocycles. The van der Waals surface area contributed by atoms with Crippen LogP contribution in [0.2, 0.25) is 0 Å². The van der Waals surface area contributed by atoms with Crippen molar-refractivity contribution in [2.24, 2.45) is 5.92 Å². The third kappa shape index (κ3) is 4.67. The van der Waals surface area contributed by atoms with Gasteiger partial charge in [-0.15, -0.1) is 0 Å². The molecule has 1 aromatic carbocycles. The van der Waals surface area contributed by atoms with Gasteiger partial charge in [0.2, 0.25) is 0 Å². The van der Waals surface area contributed by atoms with Gasteiger partial charge in [-0.2, -0.15) is 0 Å². The van der Waals surface area contributed by atoms with Gasteiger partial charge in [-0.1, -0.05) is 26.0 Å². The summed E-state index contributed by atoms with van der Waals surface area (Å²) in [4.78, 5) is 0. The van der Waals surface area contributed by atoms with Crippen molar-refractivity contribution in [1.82, 2.24) is 5.32 Å². The molecule has 0 aliphatic heterocycles. The zero-order valence-electron chi connectivity index (χ0n) is 11.8. The number of rotatable bonds is 7. The van der Waals surface area contributed by atoms with Crippen molar-refractivity contribution in [2.75, 3.05) is 13.7 Å². The number of aliphatic hydroxyl groups is 1. The third-order valence-electron chi connectivity index (χ3n) is 3.06. The Hall–Kier alpha value is -1.06. The number of hydrogen-bond acceptors (Lipinski definition) is 3. The maximum atomic E-state index is 9.38. The first-order valence-electron chi connectivity index (χ1n) is 6.57. The molecule has 2 N–H and O–H groups in total. The molecule has 0 bridgehead atoms. The SMILES string of the molecule is COc1cccc(C(C)NC(CO)CC(C)C)c1. The normalized spacial score (nSPS) is 14.6. The zero-order chi connectivity index (χ0) is 13.5. The molecule has 1 aromatic rings. The lowest BCUT2D eigenvalue weighted by Gasteiger charge is -2.23. The molecule has 2 atom stereocenters. The van der Waals surface area contributed by atoms with Crippen LogP contribution in [0.5, 0.6) is 5.75 Å². The van der Waals surface area contributed by atoms with Crippen LogP contribution >= 0.6 is 0 Å². The van der Waals surface area contributed by atoms with Gasteiger partial charge in [0.15, 0.2) is 0 Å². The summed E-state index contributed by atoms with van der Waals surface area (Å²) in [7, 11) is 1.67. The van der Waals surface area contributed by atoms with E-state index in [1.807, 2.05) is 18.2 Å². The number of nitrogens with one attached hydrogen (secondary N) is 1. The molecule has 0 amide bonds. The van der Waals surface area contributed by atoms with Gasteiger partial charge in [0.1, 0.15) is 5.75 Å². The van der Waals surface area contributed by atoms with E-state index in [-0.39, 0.29) is 18.7 Å². The number of methoxy groups -OCH3 is 1. The van der Waals surface area contributed by atoms with Crippen LogP contribution in [0, 0.1) is 5.92 Å². The van der Waals surface area contributed by atoms with Gasteiger partial charge in [0, 0.05) is 12.1 Å². The molecule has 0 saturated carbocycles. The molecule has 1 rings (SSSR count). The fourth-order valence-electron chi connectivity index (χ4n) is 2.12. The van der Waals surface area contributed by atoms with Crippen LogP contribution in [-0.2, 0) is 0 Å². The Labute approximate surface area is 110 Å². The fourth-order valence-corrected chi connectivity index (χ4v) is 2.12. The molecular weight excluding hydrogens is 226 g/mol. The van der Waals surface area contributed by atoms with Gasteiger partial charge in [-0.25, -0.2) is 0 Å². The van der Waals surface area contributed by atoms with Crippen LogP contribution in [0.4, 0.5) is 0 Å². The molecule has 3 nitrogen and oxygen atoms in total. The van der Waals surface area contributed by atoms with E-state index in [9.17, 15) is 5.11 Å². The Balaban J connectivity index is 2.64. The summed E-state index contributed by atoms with van der Waals surface area (Å²) in [6, 6.07) is 8.38. The minimum atomic E-state index is 0.145. The summed E-state index contributed by atoms with van der Waals surface area (Å²) in [6.45, 7) is 6.62. The second kappa shape index (κ2) is 7.39. The summed E-state index contributed by atoms with van der Waals surface area (Å²) in [6.07, 6.45) is 0.977. The van der Waals surface area contributed by atoms with Gasteiger partial charge in [-0.05, 0) is 37.0 Å². The highest BCUT2D eigenvalue weighted by Crippen LogP contribution is 2.20. The molecule has 2 unspecified atom stereocenters. The summed E-state index contributed by atoms with van der Waals surface area (Å²) in [5.41, 5.74) is 1.18. The first-order chi connectivity index (χ1) is 8.56. The van der Waals surface area contributed by atoms with E-state index in [1.54, 1.807) is 7.11 Å². The first kappa shape index (κ1) is 15.0. The van der Waals surface area contributed by atoms with E-state index < -0.39 is 0 Å². The van der Waals surface area contributed by atoms with Crippen molar-refractivity contribution in [1.29, 1.82) is 0 Å². The molecule has 0 saturated heterocycles. The lowest BCUT2D eigenvalue weighted by molar-refractivity contribution is 0.215. The highest BCUT2D eigenvalue weighted by Gasteiger charge is 2.14. The Morgan fingerprint density at radius 1 is 1.28 bits per heavy atom. The number of ether oxygens (including phenoxy) is 1. The molecule has 3 heteroatoms. The van der Waals surface area contributed by atoms with Crippen LogP contribution in [0.15, 0.2) is 24.3 Å². The van der Waals surface area contributed by atoms with Gasteiger partial charge in [0.25, 0.3) is 0 Å². The predicted octanol–water partition coefficient (Wildman–Crippen LogP) is 2.75. The molecule has 0 heterocycles. The highest BCUT2D eigenvalue weighted by molar-refractivity contribution is 5.30. The van der Waals surface area contributed by atoms with E-state index in [0.29, 0.717) is 5.92 Å². The first-order valence-corrected chi connectivity index (χ1v) is 6.57. The lowest BCUT2D eigenvalue weighted by Crippen LogP contribution is -2.35. The fraction of sp³-hybridized carbons (Fsp3) is 0.600. The lowest BCUT2D eigenvalue weighted by atomic mass is 10.0. The minimum absolute atomic E-state index is 0.145. The molecule has 0 aliphatic carbocycles. The minimum Gasteiger partial charge on any atom is -0.497 e. The largest absolute Gasteiger partial charge is 0.497 e. The molecule has 0 aliphatic rings. The Kier molecular flexibility index (Phi) is 6.16. The van der Waals surface area contributed by atoms with E-state index >= 15 is 0 Å². The van der Waals surface area contributed by atoms with E-state index in [0.717, 1.165) is 12.2 Å². The molecule has 18 heavy (non-hydrogen) atoms. The van der Waals surface area contributed by atoms with E-state index in [4.69, 9.17) is 4.74 Å². The molecule has 0 spiro atoms. The monoisotopic (exact) mass is 251 g/mol. The third-order valence-corrected chi connectivity index (χ3v) is 3.06. The summed E-state index contributed by atoms with van der Waals surface area (Å²) < 4.78 is 5.22. The summed E-state index contributed by atoms with van der Waals surface area (Å²) >= 11 is 0. The number of hydrogen-bond donors (Lipinski definition) is 2. The Bertz CT molecular complexity index is 352. The topological polar surface area (TPSA) is 41.5 Å². The van der Waals surface area contributed by atoms with Crippen LogP contribution < -0.4 is 10.1 Å². The average molecular weight is 251 g/mol. The molecular formula is C15H25NO2. The van der Waals surface area contributed by atoms with Crippen molar-refractivity contribution >= 4 is 0 Å². The van der Waals surface area contributed by atoms with Gasteiger partial charge in [-0.3, -0.25) is 0 Å². The molecule has 0 fully saturated rings. The summed E-state index contributed by atoms with van der Waals surface area (Å²) in [5, 5.41) is 12.8. The number of benzene rings is 1. The van der Waals surface area contributed by atoms with Crippen molar-refractivity contribution < 1.29 is 9.84 Å². The van der Waals surface area contributed by atoms with E-state index in [1.165, 1.54) is 5.56 Å². The molecule has 0 radical (unpaired) electrons. The highest BCUT2D eigenvalue weighted by atomic mass is 16.5. The van der Waals surface area contributed by atoms with Crippen LogP contribution in [0.1, 0.15) is 38.8 Å². The second-order valence-electron chi connectivity index (χ2n) is 5.17. The van der Waals surface area contributed by atoms with E-state index in [2.05, 4.69) is 32.2 Å². The van der Waals surface area contributed by atoms with Gasteiger partial charge in [0.05, 0.1) is 13.7 Å². The number of aliphatic hydroxyl groups excluding tert-OH is 1. The zero-order valence-corrected chi connectivity index (χ0v) is 11.8. The van der Waals surface area contributed by atoms with Crippen molar-refractivity contribution in [3.8, 4) is 5.75 Å². The quantitative estimate of drug-likeness (QED) is 0.783. The maximum Gasteiger partial charge on any atom is 0.119 e. The average Bonchev–Trinajstić information content (AvgIpc) is 2.37. The van der Waals surface area contributed by atoms with Crippen LogP contribution in [-0.4, -0.2) is 24.9 Å². The smallest absolute Gasteiger partial charge is 0.119 e. The van der Waals surface area contributed by atoms with Crippen molar-refractivity contribution in [2.45, 2.75) is 39.3 Å². The predicted molar refractivity (Wildman–Crippen MR) is 74.9 cm³/mol. The summed E-state index contributed by atoms with van der Waals surface area (Å²) in [5.74, 6) is 1.44. The molecule has 102 valence electrons.